The summed E-state index contributed by atoms with van der Waals surface area (Å²) in [7, 11) is 2.00. The second-order valence-electron chi connectivity index (χ2n) is 12.3. The summed E-state index contributed by atoms with van der Waals surface area (Å²) in [5.74, 6) is -1.66. The zero-order chi connectivity index (χ0) is 32.5. The molecule has 4 rings (SSSR count). The number of likely N-dealkylation sites (N-methyl/N-ethyl adjacent to an activating group) is 1. The number of anilines is 2. The Kier molecular flexibility index (Phi) is 12.1. The van der Waals surface area contributed by atoms with Crippen LogP contribution in [0.5, 0.6) is 0 Å². The first-order valence-corrected chi connectivity index (χ1v) is 16.3. The van der Waals surface area contributed by atoms with Crippen LogP contribution in [0.15, 0.2) is 30.5 Å². The summed E-state index contributed by atoms with van der Waals surface area (Å²) in [6.07, 6.45) is 8.12. The van der Waals surface area contributed by atoms with Crippen LogP contribution in [0.25, 0.3) is 0 Å². The highest BCUT2D eigenvalue weighted by atomic mass is 19.1. The summed E-state index contributed by atoms with van der Waals surface area (Å²) >= 11 is 0. The van der Waals surface area contributed by atoms with Gasteiger partial charge in [-0.15, -0.1) is 0 Å². The van der Waals surface area contributed by atoms with Crippen LogP contribution >= 0.6 is 0 Å². The third-order valence-electron chi connectivity index (χ3n) is 9.28. The maximum Gasteiger partial charge on any atom is 0.247 e. The molecule has 1 aromatic carbocycles. The number of hydrogen-bond acceptors (Lipinski definition) is 6. The van der Waals surface area contributed by atoms with Crippen molar-refractivity contribution < 1.29 is 23.6 Å². The topological polar surface area (TPSA) is 120 Å². The average Bonchev–Trinajstić information content (AvgIpc) is 3.36. The molecule has 1 aliphatic carbocycles. The van der Waals surface area contributed by atoms with Gasteiger partial charge in [0.1, 0.15) is 23.7 Å². The summed E-state index contributed by atoms with van der Waals surface area (Å²) in [4.78, 5) is 57.7. The molecule has 45 heavy (non-hydrogen) atoms. The number of aryl methyl sites for hydroxylation is 1. The van der Waals surface area contributed by atoms with Gasteiger partial charge in [0, 0.05) is 51.1 Å². The van der Waals surface area contributed by atoms with Gasteiger partial charge in [0.15, 0.2) is 0 Å². The van der Waals surface area contributed by atoms with Crippen molar-refractivity contribution in [3.05, 3.63) is 41.8 Å². The average molecular weight is 626 g/mol. The minimum absolute atomic E-state index is 0.0102. The number of aromatic nitrogens is 2. The van der Waals surface area contributed by atoms with Gasteiger partial charge in [-0.05, 0) is 50.4 Å². The number of nitrogens with one attached hydrogen (secondary N) is 2. The summed E-state index contributed by atoms with van der Waals surface area (Å²) < 4.78 is 17.4. The molecule has 4 amide bonds. The molecule has 0 spiro atoms. The molecular formula is C33H48FN7O4. The molecule has 0 radical (unpaired) electrons. The van der Waals surface area contributed by atoms with Gasteiger partial charge < -0.3 is 20.4 Å². The molecule has 0 bridgehead atoms. The predicted molar refractivity (Wildman–Crippen MR) is 171 cm³/mol. The van der Waals surface area contributed by atoms with E-state index in [0.717, 1.165) is 51.6 Å². The smallest absolute Gasteiger partial charge is 0.247 e. The highest BCUT2D eigenvalue weighted by molar-refractivity contribution is 6.00. The Labute approximate surface area is 265 Å². The lowest BCUT2D eigenvalue weighted by atomic mass is 9.89. The molecule has 1 saturated heterocycles. The fraction of sp³-hybridized carbons (Fsp3) is 0.606. The van der Waals surface area contributed by atoms with E-state index < -0.39 is 29.7 Å². The zero-order valence-electron chi connectivity index (χ0n) is 27.0. The normalized spacial score (nSPS) is 18.4. The SMILES string of the molecule is CCC(=O)N[C@@H](C(=O)N1CCN(C)CC1)[C@@H](C)c1ccc(NC(=O)[C@H](C2CCCCCC2)N(C=O)c2ccnn2CC)c(F)c1. The number of nitrogens with zero attached hydrogens (tertiary/aromatic N) is 5. The lowest BCUT2D eigenvalue weighted by Gasteiger charge is -2.36. The standard InChI is InChI=1S/C33H48FN7O4/c1-5-28(43)37-30(33(45)39-19-17-38(4)18-20-39)23(3)25-13-14-27(26(34)21-25)36-32(44)31(24-11-9-7-8-10-12-24)40(22-42)29-15-16-35-41(29)6-2/h13-16,21-24,30-31H,5-12,17-20H2,1-4H3,(H,36,44)(H,37,43)/t23-,30+,31-/m0/s1. The molecule has 11 nitrogen and oxygen atoms in total. The monoisotopic (exact) mass is 625 g/mol. The van der Waals surface area contributed by atoms with E-state index in [2.05, 4.69) is 20.6 Å². The molecule has 2 heterocycles. The maximum absolute atomic E-state index is 15.7. The van der Waals surface area contributed by atoms with Crippen molar-refractivity contribution in [3.8, 4) is 0 Å². The third kappa shape index (κ3) is 8.27. The summed E-state index contributed by atoms with van der Waals surface area (Å²) in [6.45, 7) is 8.54. The van der Waals surface area contributed by atoms with Gasteiger partial charge >= 0.3 is 0 Å². The Hall–Kier alpha value is -3.80. The van der Waals surface area contributed by atoms with Crippen molar-refractivity contribution in [2.75, 3.05) is 43.4 Å². The summed E-state index contributed by atoms with van der Waals surface area (Å²) in [5, 5.41) is 9.90. The Bertz CT molecular complexity index is 1320. The van der Waals surface area contributed by atoms with Crippen molar-refractivity contribution in [1.29, 1.82) is 0 Å². The predicted octanol–water partition coefficient (Wildman–Crippen LogP) is 3.75. The van der Waals surface area contributed by atoms with Crippen LogP contribution in [0, 0.1) is 11.7 Å². The lowest BCUT2D eigenvalue weighted by Crippen LogP contribution is -2.55. The van der Waals surface area contributed by atoms with Crippen LogP contribution in [-0.2, 0) is 25.7 Å². The third-order valence-corrected chi connectivity index (χ3v) is 9.28. The van der Waals surface area contributed by atoms with Crippen molar-refractivity contribution >= 4 is 35.6 Å². The quantitative estimate of drug-likeness (QED) is 0.274. The number of hydrogen-bond donors (Lipinski definition) is 2. The summed E-state index contributed by atoms with van der Waals surface area (Å²) in [6, 6.07) is 4.50. The molecule has 2 aliphatic rings. The Balaban J connectivity index is 1.57. The van der Waals surface area contributed by atoms with E-state index in [1.165, 1.54) is 17.0 Å². The first-order chi connectivity index (χ1) is 21.7. The lowest BCUT2D eigenvalue weighted by molar-refractivity contribution is -0.138. The number of benzene rings is 1. The van der Waals surface area contributed by atoms with Crippen LogP contribution in [0.4, 0.5) is 15.9 Å². The van der Waals surface area contributed by atoms with E-state index in [4.69, 9.17) is 0 Å². The fourth-order valence-electron chi connectivity index (χ4n) is 6.46. The molecule has 1 saturated carbocycles. The minimum atomic E-state index is -0.857. The minimum Gasteiger partial charge on any atom is -0.344 e. The molecular weight excluding hydrogens is 577 g/mol. The van der Waals surface area contributed by atoms with Crippen molar-refractivity contribution in [2.24, 2.45) is 5.92 Å². The maximum atomic E-state index is 15.7. The van der Waals surface area contributed by atoms with Crippen molar-refractivity contribution in [3.63, 3.8) is 0 Å². The molecule has 12 heteroatoms. The van der Waals surface area contributed by atoms with Gasteiger partial charge in [-0.3, -0.25) is 24.1 Å². The largest absolute Gasteiger partial charge is 0.344 e. The molecule has 2 N–H and O–H groups in total. The van der Waals surface area contributed by atoms with E-state index in [9.17, 15) is 19.2 Å². The van der Waals surface area contributed by atoms with Gasteiger partial charge in [0.25, 0.3) is 0 Å². The number of piperazine rings is 1. The van der Waals surface area contributed by atoms with Gasteiger partial charge in [0.05, 0.1) is 11.9 Å². The van der Waals surface area contributed by atoms with Crippen LogP contribution in [0.1, 0.15) is 77.2 Å². The van der Waals surface area contributed by atoms with E-state index in [0.29, 0.717) is 37.4 Å². The second-order valence-corrected chi connectivity index (χ2v) is 12.3. The van der Waals surface area contributed by atoms with Crippen LogP contribution < -0.4 is 15.5 Å². The number of halogens is 1. The highest BCUT2D eigenvalue weighted by Crippen LogP contribution is 2.32. The van der Waals surface area contributed by atoms with Gasteiger partial charge in [-0.25, -0.2) is 9.07 Å². The van der Waals surface area contributed by atoms with Gasteiger partial charge in [-0.2, -0.15) is 5.10 Å². The number of amides is 4. The van der Waals surface area contributed by atoms with Gasteiger partial charge in [-0.1, -0.05) is 45.6 Å². The first-order valence-electron chi connectivity index (χ1n) is 16.3. The molecule has 3 atom stereocenters. The van der Waals surface area contributed by atoms with Crippen LogP contribution in [0.3, 0.4) is 0 Å². The molecule has 2 fully saturated rings. The van der Waals surface area contributed by atoms with Crippen molar-refractivity contribution in [1.82, 2.24) is 24.9 Å². The number of carbonyl (C=O) groups excluding carboxylic acids is 4. The summed E-state index contributed by atoms with van der Waals surface area (Å²) in [5.41, 5.74) is 0.514. The van der Waals surface area contributed by atoms with E-state index in [1.54, 1.807) is 41.8 Å². The number of rotatable bonds is 12. The molecule has 2 aromatic rings. The van der Waals surface area contributed by atoms with Crippen LogP contribution in [0.2, 0.25) is 0 Å². The first kappa shape index (κ1) is 34.1. The van der Waals surface area contributed by atoms with E-state index in [1.807, 2.05) is 14.0 Å². The fourth-order valence-corrected chi connectivity index (χ4v) is 6.46. The Morgan fingerprint density at radius 1 is 1.07 bits per heavy atom. The Morgan fingerprint density at radius 2 is 1.76 bits per heavy atom. The molecule has 1 aromatic heterocycles. The van der Waals surface area contributed by atoms with Crippen LogP contribution in [-0.4, -0.2) is 89.0 Å². The number of carbonyl (C=O) groups is 4. The van der Waals surface area contributed by atoms with E-state index >= 15 is 4.39 Å². The van der Waals surface area contributed by atoms with Gasteiger partial charge in [0.2, 0.25) is 24.1 Å². The van der Waals surface area contributed by atoms with E-state index in [-0.39, 0.29) is 29.8 Å². The zero-order valence-corrected chi connectivity index (χ0v) is 27.0. The molecule has 1 aliphatic heterocycles. The molecule has 0 unspecified atom stereocenters. The second kappa shape index (κ2) is 16.0. The highest BCUT2D eigenvalue weighted by Gasteiger charge is 2.37. The molecule has 246 valence electrons. The van der Waals surface area contributed by atoms with Crippen molar-refractivity contribution in [2.45, 2.75) is 90.3 Å². The Morgan fingerprint density at radius 3 is 2.36 bits per heavy atom.